The lowest BCUT2D eigenvalue weighted by atomic mass is 10.1. The Kier molecular flexibility index (Phi) is 4.58. The van der Waals surface area contributed by atoms with E-state index >= 15 is 0 Å². The Morgan fingerprint density at radius 1 is 1.33 bits per heavy atom. The lowest BCUT2D eigenvalue weighted by molar-refractivity contribution is -0.119. The van der Waals surface area contributed by atoms with Crippen LogP contribution in [0, 0.1) is 0 Å². The van der Waals surface area contributed by atoms with Crippen molar-refractivity contribution in [3.63, 3.8) is 0 Å². The first kappa shape index (κ1) is 13.3. The molecule has 1 aliphatic rings. The molecule has 0 bridgehead atoms. The molecule has 0 aromatic heterocycles. The standard InChI is InChI=1S/C14H21NO3/c1-10(14(16-2)17-3)15-9-11-4-5-13-12(8-11)6-7-18-13/h4-5,8,10,14-15H,6-7,9H2,1-3H3. The number of benzene rings is 1. The highest BCUT2D eigenvalue weighted by Crippen LogP contribution is 2.25. The van der Waals surface area contributed by atoms with E-state index in [9.17, 15) is 0 Å². The summed E-state index contributed by atoms with van der Waals surface area (Å²) < 4.78 is 15.9. The van der Waals surface area contributed by atoms with Gasteiger partial charge in [0.05, 0.1) is 12.6 Å². The molecule has 0 saturated carbocycles. The topological polar surface area (TPSA) is 39.7 Å². The molecule has 1 heterocycles. The third-order valence-corrected chi connectivity index (χ3v) is 3.25. The van der Waals surface area contributed by atoms with Crippen molar-refractivity contribution in [3.05, 3.63) is 29.3 Å². The summed E-state index contributed by atoms with van der Waals surface area (Å²) in [5, 5.41) is 3.40. The summed E-state index contributed by atoms with van der Waals surface area (Å²) in [6.45, 7) is 3.66. The minimum atomic E-state index is -0.220. The van der Waals surface area contributed by atoms with Crippen LogP contribution in [0.1, 0.15) is 18.1 Å². The Morgan fingerprint density at radius 3 is 2.83 bits per heavy atom. The van der Waals surface area contributed by atoms with Gasteiger partial charge in [-0.2, -0.15) is 0 Å². The smallest absolute Gasteiger partial charge is 0.171 e. The molecule has 1 aromatic carbocycles. The highest BCUT2D eigenvalue weighted by molar-refractivity contribution is 5.39. The molecule has 1 unspecified atom stereocenters. The van der Waals surface area contributed by atoms with Crippen LogP contribution in [-0.2, 0) is 22.4 Å². The normalized spacial score (nSPS) is 15.6. The Hall–Kier alpha value is -1.10. The van der Waals surface area contributed by atoms with E-state index in [0.717, 1.165) is 25.3 Å². The van der Waals surface area contributed by atoms with Gasteiger partial charge in [-0.25, -0.2) is 0 Å². The molecule has 1 N–H and O–H groups in total. The molecule has 0 fully saturated rings. The van der Waals surface area contributed by atoms with E-state index in [1.54, 1.807) is 14.2 Å². The van der Waals surface area contributed by atoms with Gasteiger partial charge in [0.15, 0.2) is 6.29 Å². The average Bonchev–Trinajstić information content (AvgIpc) is 2.85. The van der Waals surface area contributed by atoms with Crippen molar-refractivity contribution in [2.24, 2.45) is 0 Å². The number of ether oxygens (including phenoxy) is 3. The zero-order valence-electron chi connectivity index (χ0n) is 11.2. The Balaban J connectivity index is 1.90. The monoisotopic (exact) mass is 251 g/mol. The molecular weight excluding hydrogens is 230 g/mol. The number of methoxy groups -OCH3 is 2. The molecule has 0 radical (unpaired) electrons. The van der Waals surface area contributed by atoms with Crippen molar-refractivity contribution in [1.82, 2.24) is 5.32 Å². The first-order valence-corrected chi connectivity index (χ1v) is 6.28. The van der Waals surface area contributed by atoms with Crippen LogP contribution in [0.5, 0.6) is 5.75 Å². The molecule has 2 rings (SSSR count). The number of fused-ring (bicyclic) bond motifs is 1. The van der Waals surface area contributed by atoms with Gasteiger partial charge in [0, 0.05) is 27.2 Å². The summed E-state index contributed by atoms with van der Waals surface area (Å²) >= 11 is 0. The van der Waals surface area contributed by atoms with Crippen molar-refractivity contribution in [3.8, 4) is 5.75 Å². The van der Waals surface area contributed by atoms with Gasteiger partial charge in [0.1, 0.15) is 5.75 Å². The van der Waals surface area contributed by atoms with Gasteiger partial charge in [0.2, 0.25) is 0 Å². The molecule has 1 atom stereocenters. The second-order valence-corrected chi connectivity index (χ2v) is 4.55. The Bertz CT molecular complexity index is 391. The van der Waals surface area contributed by atoms with E-state index in [4.69, 9.17) is 14.2 Å². The summed E-state index contributed by atoms with van der Waals surface area (Å²) in [5.41, 5.74) is 2.56. The molecular formula is C14H21NO3. The molecule has 1 aliphatic heterocycles. The summed E-state index contributed by atoms with van der Waals surface area (Å²) in [6.07, 6.45) is 0.792. The van der Waals surface area contributed by atoms with Gasteiger partial charge in [-0.15, -0.1) is 0 Å². The maximum absolute atomic E-state index is 5.49. The number of hydrogen-bond acceptors (Lipinski definition) is 4. The molecule has 4 nitrogen and oxygen atoms in total. The van der Waals surface area contributed by atoms with Crippen molar-refractivity contribution >= 4 is 0 Å². The largest absolute Gasteiger partial charge is 0.493 e. The lowest BCUT2D eigenvalue weighted by Crippen LogP contribution is -2.39. The second-order valence-electron chi connectivity index (χ2n) is 4.55. The van der Waals surface area contributed by atoms with Gasteiger partial charge in [0.25, 0.3) is 0 Å². The van der Waals surface area contributed by atoms with Crippen LogP contribution in [0.3, 0.4) is 0 Å². The van der Waals surface area contributed by atoms with Crippen LogP contribution >= 0.6 is 0 Å². The first-order chi connectivity index (χ1) is 8.74. The van der Waals surface area contributed by atoms with E-state index in [0.29, 0.717) is 0 Å². The molecule has 0 saturated heterocycles. The Labute approximate surface area is 108 Å². The zero-order chi connectivity index (χ0) is 13.0. The summed E-state index contributed by atoms with van der Waals surface area (Å²) in [5.74, 6) is 1.03. The molecule has 0 amide bonds. The first-order valence-electron chi connectivity index (χ1n) is 6.28. The Morgan fingerprint density at radius 2 is 2.11 bits per heavy atom. The second kappa shape index (κ2) is 6.18. The number of rotatable bonds is 6. The van der Waals surface area contributed by atoms with Gasteiger partial charge in [-0.05, 0) is 24.1 Å². The van der Waals surface area contributed by atoms with Gasteiger partial charge >= 0.3 is 0 Å². The quantitative estimate of drug-likeness (QED) is 0.781. The average molecular weight is 251 g/mol. The van der Waals surface area contributed by atoms with Crippen LogP contribution < -0.4 is 10.1 Å². The highest BCUT2D eigenvalue weighted by Gasteiger charge is 2.16. The predicted octanol–water partition coefficient (Wildman–Crippen LogP) is 1.72. The fourth-order valence-corrected chi connectivity index (χ4v) is 2.23. The minimum Gasteiger partial charge on any atom is -0.493 e. The highest BCUT2D eigenvalue weighted by atomic mass is 16.7. The van der Waals surface area contributed by atoms with Crippen LogP contribution in [0.4, 0.5) is 0 Å². The fourth-order valence-electron chi connectivity index (χ4n) is 2.23. The fraction of sp³-hybridized carbons (Fsp3) is 0.571. The summed E-state index contributed by atoms with van der Waals surface area (Å²) in [4.78, 5) is 0. The van der Waals surface area contributed by atoms with E-state index in [-0.39, 0.29) is 12.3 Å². The molecule has 100 valence electrons. The van der Waals surface area contributed by atoms with Gasteiger partial charge in [-0.1, -0.05) is 12.1 Å². The SMILES string of the molecule is COC(OC)C(C)NCc1ccc2c(c1)CCO2. The third kappa shape index (κ3) is 3.02. The van der Waals surface area contributed by atoms with E-state index in [2.05, 4.69) is 17.4 Å². The maximum Gasteiger partial charge on any atom is 0.171 e. The third-order valence-electron chi connectivity index (χ3n) is 3.25. The molecule has 4 heteroatoms. The van der Waals surface area contributed by atoms with Gasteiger partial charge < -0.3 is 19.5 Å². The van der Waals surface area contributed by atoms with Crippen molar-refractivity contribution in [2.45, 2.75) is 32.2 Å². The predicted molar refractivity (Wildman–Crippen MR) is 69.7 cm³/mol. The van der Waals surface area contributed by atoms with E-state index < -0.39 is 0 Å². The maximum atomic E-state index is 5.49. The van der Waals surface area contributed by atoms with E-state index in [1.165, 1.54) is 11.1 Å². The van der Waals surface area contributed by atoms with E-state index in [1.807, 2.05) is 13.0 Å². The lowest BCUT2D eigenvalue weighted by Gasteiger charge is -2.22. The van der Waals surface area contributed by atoms with Gasteiger partial charge in [-0.3, -0.25) is 0 Å². The zero-order valence-corrected chi connectivity index (χ0v) is 11.2. The van der Waals surface area contributed by atoms with Crippen LogP contribution in [-0.4, -0.2) is 33.2 Å². The minimum absolute atomic E-state index is 0.143. The van der Waals surface area contributed by atoms with Crippen LogP contribution in [0.25, 0.3) is 0 Å². The molecule has 0 aliphatic carbocycles. The summed E-state index contributed by atoms with van der Waals surface area (Å²) in [6, 6.07) is 6.49. The molecule has 18 heavy (non-hydrogen) atoms. The van der Waals surface area contributed by atoms with Crippen molar-refractivity contribution in [2.75, 3.05) is 20.8 Å². The van der Waals surface area contributed by atoms with Crippen LogP contribution in [0.2, 0.25) is 0 Å². The summed E-state index contributed by atoms with van der Waals surface area (Å²) in [7, 11) is 3.30. The number of nitrogens with one attached hydrogen (secondary N) is 1. The van der Waals surface area contributed by atoms with Crippen molar-refractivity contribution < 1.29 is 14.2 Å². The molecule has 1 aromatic rings. The van der Waals surface area contributed by atoms with Crippen molar-refractivity contribution in [1.29, 1.82) is 0 Å². The molecule has 0 spiro atoms. The number of hydrogen-bond donors (Lipinski definition) is 1. The van der Waals surface area contributed by atoms with Crippen LogP contribution in [0.15, 0.2) is 18.2 Å².